The number of carbonyl (C=O) groups is 1. The molecule has 1 amide bonds. The maximum atomic E-state index is 12.6. The molecular formula is C13H9F3N4O. The summed E-state index contributed by atoms with van der Waals surface area (Å²) in [6, 6.07) is 8.69. The van der Waals surface area contributed by atoms with E-state index in [4.69, 9.17) is 5.26 Å². The second-order valence-electron chi connectivity index (χ2n) is 4.15. The van der Waals surface area contributed by atoms with Crippen LogP contribution in [0.15, 0.2) is 30.3 Å². The number of nitrogens with zero attached hydrogens (tertiary/aromatic N) is 3. The van der Waals surface area contributed by atoms with Gasteiger partial charge in [-0.3, -0.25) is 9.48 Å². The van der Waals surface area contributed by atoms with Crippen LogP contribution in [0.5, 0.6) is 0 Å². The standard InChI is InChI=1S/C13H9F3N4O/c1-20-11(13(14,15)16)6-10(19-20)12(21)18-9-5-3-2-4-8(9)7-17/h2-6H,1H3,(H,18,21). The number of halogens is 3. The number of nitriles is 1. The number of rotatable bonds is 2. The molecule has 2 rings (SSSR count). The molecule has 0 bridgehead atoms. The van der Waals surface area contributed by atoms with Gasteiger partial charge in [0.05, 0.1) is 11.3 Å². The van der Waals surface area contributed by atoms with Gasteiger partial charge in [-0.1, -0.05) is 12.1 Å². The van der Waals surface area contributed by atoms with Crippen molar-refractivity contribution in [3.63, 3.8) is 0 Å². The summed E-state index contributed by atoms with van der Waals surface area (Å²) in [6.45, 7) is 0. The number of carbonyl (C=O) groups excluding carboxylic acids is 1. The van der Waals surface area contributed by atoms with E-state index in [1.165, 1.54) is 12.1 Å². The number of para-hydroxylation sites is 1. The number of amides is 1. The summed E-state index contributed by atoms with van der Waals surface area (Å²) in [5, 5.41) is 14.8. The number of nitrogens with one attached hydrogen (secondary N) is 1. The average Bonchev–Trinajstić information content (AvgIpc) is 2.81. The van der Waals surface area contributed by atoms with Gasteiger partial charge in [0, 0.05) is 13.1 Å². The Morgan fingerprint density at radius 3 is 2.62 bits per heavy atom. The van der Waals surface area contributed by atoms with Crippen molar-refractivity contribution in [2.45, 2.75) is 6.18 Å². The molecule has 0 aliphatic rings. The van der Waals surface area contributed by atoms with Crippen LogP contribution < -0.4 is 5.32 Å². The summed E-state index contributed by atoms with van der Waals surface area (Å²) in [6.07, 6.45) is -4.59. The lowest BCUT2D eigenvalue weighted by atomic mass is 10.2. The van der Waals surface area contributed by atoms with Crippen molar-refractivity contribution in [1.82, 2.24) is 9.78 Å². The van der Waals surface area contributed by atoms with Crippen molar-refractivity contribution >= 4 is 11.6 Å². The van der Waals surface area contributed by atoms with Crippen molar-refractivity contribution in [1.29, 1.82) is 5.26 Å². The van der Waals surface area contributed by atoms with E-state index >= 15 is 0 Å². The minimum absolute atomic E-state index is 0.206. The van der Waals surface area contributed by atoms with Gasteiger partial charge in [0.15, 0.2) is 5.69 Å². The molecule has 0 unspecified atom stereocenters. The highest BCUT2D eigenvalue weighted by Gasteiger charge is 2.35. The number of anilines is 1. The topological polar surface area (TPSA) is 70.7 Å². The summed E-state index contributed by atoms with van der Waals surface area (Å²) in [5.74, 6) is -0.816. The van der Waals surface area contributed by atoms with Crippen LogP contribution in [0, 0.1) is 11.3 Å². The van der Waals surface area contributed by atoms with Crippen LogP contribution in [0.2, 0.25) is 0 Å². The zero-order valence-electron chi connectivity index (χ0n) is 10.8. The minimum atomic E-state index is -4.59. The van der Waals surface area contributed by atoms with E-state index in [1.54, 1.807) is 12.1 Å². The predicted molar refractivity (Wildman–Crippen MR) is 67.3 cm³/mol. The van der Waals surface area contributed by atoms with Crippen LogP contribution in [0.1, 0.15) is 21.7 Å². The Morgan fingerprint density at radius 1 is 1.38 bits per heavy atom. The Labute approximate surface area is 117 Å². The first-order valence-corrected chi connectivity index (χ1v) is 5.74. The van der Waals surface area contributed by atoms with Crippen molar-refractivity contribution in [3.05, 3.63) is 47.3 Å². The lowest BCUT2D eigenvalue weighted by Gasteiger charge is -2.04. The van der Waals surface area contributed by atoms with Gasteiger partial charge in [-0.15, -0.1) is 0 Å². The van der Waals surface area contributed by atoms with Gasteiger partial charge in [-0.25, -0.2) is 0 Å². The summed E-state index contributed by atoms with van der Waals surface area (Å²) >= 11 is 0. The Kier molecular flexibility index (Phi) is 3.67. The number of alkyl halides is 3. The van der Waals surface area contributed by atoms with E-state index in [2.05, 4.69) is 10.4 Å². The average molecular weight is 294 g/mol. The van der Waals surface area contributed by atoms with E-state index in [9.17, 15) is 18.0 Å². The number of aromatic nitrogens is 2. The maximum Gasteiger partial charge on any atom is 0.433 e. The molecule has 0 aliphatic carbocycles. The van der Waals surface area contributed by atoms with Crippen LogP contribution in [0.25, 0.3) is 0 Å². The number of hydrogen-bond donors (Lipinski definition) is 1. The summed E-state index contributed by atoms with van der Waals surface area (Å²) in [5.41, 5.74) is -0.985. The van der Waals surface area contributed by atoms with Gasteiger partial charge < -0.3 is 5.32 Å². The summed E-state index contributed by atoms with van der Waals surface area (Å²) in [7, 11) is 1.10. The lowest BCUT2D eigenvalue weighted by molar-refractivity contribution is -0.143. The SMILES string of the molecule is Cn1nc(C(=O)Nc2ccccc2C#N)cc1C(F)(F)F. The molecule has 0 fully saturated rings. The molecule has 21 heavy (non-hydrogen) atoms. The van der Waals surface area contributed by atoms with Gasteiger partial charge in [0.2, 0.25) is 0 Å². The van der Waals surface area contributed by atoms with E-state index in [-0.39, 0.29) is 16.9 Å². The molecule has 0 radical (unpaired) electrons. The second kappa shape index (κ2) is 5.28. The minimum Gasteiger partial charge on any atom is -0.319 e. The third-order valence-electron chi connectivity index (χ3n) is 2.70. The molecule has 2 aromatic rings. The predicted octanol–water partition coefficient (Wildman–Crippen LogP) is 2.56. The number of aryl methyl sites for hydroxylation is 1. The van der Waals surface area contributed by atoms with Crippen molar-refractivity contribution in [3.8, 4) is 6.07 Å². The molecule has 1 aromatic heterocycles. The van der Waals surface area contributed by atoms with Crippen molar-refractivity contribution < 1.29 is 18.0 Å². The first kappa shape index (κ1) is 14.6. The first-order valence-electron chi connectivity index (χ1n) is 5.74. The highest BCUT2D eigenvalue weighted by atomic mass is 19.4. The Balaban J connectivity index is 2.28. The van der Waals surface area contributed by atoms with Gasteiger partial charge in [-0.2, -0.15) is 23.5 Å². The highest BCUT2D eigenvalue weighted by Crippen LogP contribution is 2.29. The van der Waals surface area contributed by atoms with Crippen LogP contribution in [0.3, 0.4) is 0 Å². The number of benzene rings is 1. The first-order chi connectivity index (χ1) is 9.82. The zero-order valence-corrected chi connectivity index (χ0v) is 10.8. The third kappa shape index (κ3) is 3.02. The maximum absolute atomic E-state index is 12.6. The molecular weight excluding hydrogens is 285 g/mol. The quantitative estimate of drug-likeness (QED) is 0.925. The monoisotopic (exact) mass is 294 g/mol. The molecule has 0 aliphatic heterocycles. The molecule has 1 aromatic carbocycles. The van der Waals surface area contributed by atoms with Crippen LogP contribution in [-0.2, 0) is 13.2 Å². The van der Waals surface area contributed by atoms with E-state index in [0.29, 0.717) is 10.7 Å². The molecule has 108 valence electrons. The third-order valence-corrected chi connectivity index (χ3v) is 2.70. The van der Waals surface area contributed by atoms with Crippen LogP contribution >= 0.6 is 0 Å². The Bertz CT molecular complexity index is 728. The molecule has 0 atom stereocenters. The molecule has 1 heterocycles. The van der Waals surface area contributed by atoms with Crippen molar-refractivity contribution in [2.24, 2.45) is 7.05 Å². The zero-order chi connectivity index (χ0) is 15.6. The smallest absolute Gasteiger partial charge is 0.319 e. The molecule has 1 N–H and O–H groups in total. The van der Waals surface area contributed by atoms with Crippen LogP contribution in [-0.4, -0.2) is 15.7 Å². The van der Waals surface area contributed by atoms with E-state index < -0.39 is 17.8 Å². The summed E-state index contributed by atoms with van der Waals surface area (Å²) < 4.78 is 38.5. The summed E-state index contributed by atoms with van der Waals surface area (Å²) in [4.78, 5) is 11.9. The molecule has 0 saturated carbocycles. The second-order valence-corrected chi connectivity index (χ2v) is 4.15. The van der Waals surface area contributed by atoms with E-state index in [1.807, 2.05) is 6.07 Å². The van der Waals surface area contributed by atoms with E-state index in [0.717, 1.165) is 7.05 Å². The lowest BCUT2D eigenvalue weighted by Crippen LogP contribution is -2.13. The fourth-order valence-electron chi connectivity index (χ4n) is 1.72. The number of hydrogen-bond acceptors (Lipinski definition) is 3. The van der Waals surface area contributed by atoms with Crippen molar-refractivity contribution in [2.75, 3.05) is 5.32 Å². The molecule has 0 saturated heterocycles. The van der Waals surface area contributed by atoms with Gasteiger partial charge in [0.25, 0.3) is 5.91 Å². The normalized spacial score (nSPS) is 11.0. The Morgan fingerprint density at radius 2 is 2.05 bits per heavy atom. The highest BCUT2D eigenvalue weighted by molar-refractivity contribution is 6.03. The Hall–Kier alpha value is -2.82. The van der Waals surface area contributed by atoms with Crippen LogP contribution in [0.4, 0.5) is 18.9 Å². The fraction of sp³-hybridized carbons (Fsp3) is 0.154. The molecule has 5 nitrogen and oxygen atoms in total. The fourth-order valence-corrected chi connectivity index (χ4v) is 1.72. The van der Waals surface area contributed by atoms with Gasteiger partial charge in [0.1, 0.15) is 11.8 Å². The van der Waals surface area contributed by atoms with Gasteiger partial charge >= 0.3 is 6.18 Å². The van der Waals surface area contributed by atoms with Gasteiger partial charge in [-0.05, 0) is 12.1 Å². The molecule has 0 spiro atoms. The molecule has 8 heteroatoms. The largest absolute Gasteiger partial charge is 0.433 e.